The van der Waals surface area contributed by atoms with E-state index >= 15 is 0 Å². The fraction of sp³-hybridized carbons (Fsp3) is 0.238. The fourth-order valence-corrected chi connectivity index (χ4v) is 3.53. The largest absolute Gasteiger partial charge is 0.478 e. The Bertz CT molecular complexity index is 965. The first-order chi connectivity index (χ1) is 13.3. The Morgan fingerprint density at radius 3 is 2.57 bits per heavy atom. The summed E-state index contributed by atoms with van der Waals surface area (Å²) in [6.07, 6.45) is 4.38. The van der Waals surface area contributed by atoms with Crippen molar-refractivity contribution in [1.82, 2.24) is 4.98 Å². The maximum absolute atomic E-state index is 14.0. The van der Waals surface area contributed by atoms with Crippen molar-refractivity contribution < 1.29 is 18.7 Å². The predicted molar refractivity (Wildman–Crippen MR) is 102 cm³/mol. The molecule has 1 aromatic carbocycles. The van der Waals surface area contributed by atoms with Gasteiger partial charge in [-0.2, -0.15) is 0 Å². The van der Waals surface area contributed by atoms with Gasteiger partial charge >= 0.3 is 5.97 Å². The van der Waals surface area contributed by atoms with Crippen LogP contribution in [0.5, 0.6) is 0 Å². The average molecular weight is 385 g/mol. The molecule has 0 amide bonds. The van der Waals surface area contributed by atoms with Crippen LogP contribution in [0.4, 0.5) is 8.78 Å². The van der Waals surface area contributed by atoms with E-state index in [2.05, 4.69) is 4.98 Å². The predicted octanol–water partition coefficient (Wildman–Crippen LogP) is 3.78. The molecule has 1 heterocycles. The average Bonchev–Trinajstić information content (AvgIpc) is 2.65. The van der Waals surface area contributed by atoms with E-state index in [9.17, 15) is 18.7 Å². The molecule has 2 aromatic rings. The van der Waals surface area contributed by atoms with Crippen LogP contribution in [0.25, 0.3) is 5.70 Å². The molecule has 5 nitrogen and oxygen atoms in total. The first kappa shape index (κ1) is 19.5. The highest BCUT2D eigenvalue weighted by molar-refractivity contribution is 5.87. The number of nitrogens with two attached hydrogens (primary N) is 2. The minimum absolute atomic E-state index is 0.0345. The fourth-order valence-electron chi connectivity index (χ4n) is 3.53. The number of carboxylic acids is 1. The van der Waals surface area contributed by atoms with E-state index in [0.29, 0.717) is 23.4 Å². The van der Waals surface area contributed by atoms with E-state index in [1.165, 1.54) is 30.5 Å². The Morgan fingerprint density at radius 2 is 1.93 bits per heavy atom. The highest BCUT2D eigenvalue weighted by Gasteiger charge is 2.28. The second-order valence-corrected chi connectivity index (χ2v) is 6.91. The van der Waals surface area contributed by atoms with Crippen molar-refractivity contribution in [3.63, 3.8) is 0 Å². The van der Waals surface area contributed by atoms with Crippen LogP contribution in [0.2, 0.25) is 0 Å². The summed E-state index contributed by atoms with van der Waals surface area (Å²) in [6.45, 7) is 1.96. The molecule has 1 aromatic heterocycles. The quantitative estimate of drug-likeness (QED) is 0.743. The third kappa shape index (κ3) is 3.74. The van der Waals surface area contributed by atoms with Gasteiger partial charge in [0.25, 0.3) is 0 Å². The van der Waals surface area contributed by atoms with Crippen molar-refractivity contribution in [2.24, 2.45) is 17.4 Å². The molecule has 2 unspecified atom stereocenters. The number of carboxylic acid groups (broad SMARTS) is 1. The molecule has 0 radical (unpaired) electrons. The van der Waals surface area contributed by atoms with Gasteiger partial charge in [0.05, 0.1) is 16.8 Å². The summed E-state index contributed by atoms with van der Waals surface area (Å²) in [5, 5.41) is 9.20. The van der Waals surface area contributed by atoms with Crippen molar-refractivity contribution in [2.75, 3.05) is 0 Å². The van der Waals surface area contributed by atoms with Crippen LogP contribution in [0, 0.1) is 17.6 Å². The number of hydrogen-bond donors (Lipinski definition) is 3. The molecule has 5 N–H and O–H groups in total. The van der Waals surface area contributed by atoms with E-state index in [1.807, 2.05) is 6.92 Å². The smallest absolute Gasteiger partial charge is 0.335 e. The second kappa shape index (κ2) is 7.80. The van der Waals surface area contributed by atoms with Gasteiger partial charge in [-0.15, -0.1) is 0 Å². The molecule has 2 atom stereocenters. The van der Waals surface area contributed by atoms with Gasteiger partial charge in [-0.25, -0.2) is 13.6 Å². The lowest BCUT2D eigenvalue weighted by atomic mass is 9.78. The minimum Gasteiger partial charge on any atom is -0.478 e. The van der Waals surface area contributed by atoms with E-state index in [4.69, 9.17) is 11.5 Å². The van der Waals surface area contributed by atoms with Gasteiger partial charge in [-0.3, -0.25) is 4.98 Å². The lowest BCUT2D eigenvalue weighted by molar-refractivity contribution is 0.0696. The monoisotopic (exact) mass is 385 g/mol. The second-order valence-electron chi connectivity index (χ2n) is 6.91. The number of aromatic nitrogens is 1. The zero-order chi connectivity index (χ0) is 20.4. The highest BCUT2D eigenvalue weighted by Crippen LogP contribution is 2.38. The van der Waals surface area contributed by atoms with E-state index in [-0.39, 0.29) is 28.7 Å². The third-order valence-electron chi connectivity index (χ3n) is 5.08. The van der Waals surface area contributed by atoms with Crippen molar-refractivity contribution in [3.05, 3.63) is 82.3 Å². The molecule has 0 aliphatic heterocycles. The van der Waals surface area contributed by atoms with Crippen molar-refractivity contribution in [1.29, 1.82) is 0 Å². The SMILES string of the molecule is CC1CCC(c2cc(C(=O)O)ccn2)C(N)=C1/C=C(\N)c1c(F)cccc1F. The van der Waals surface area contributed by atoms with E-state index in [0.717, 1.165) is 18.6 Å². The van der Waals surface area contributed by atoms with Gasteiger partial charge in [0.1, 0.15) is 11.6 Å². The number of pyridine rings is 1. The lowest BCUT2D eigenvalue weighted by Gasteiger charge is -2.29. The van der Waals surface area contributed by atoms with Gasteiger partial charge in [0.2, 0.25) is 0 Å². The van der Waals surface area contributed by atoms with Crippen LogP contribution in [0.15, 0.2) is 53.9 Å². The summed E-state index contributed by atoms with van der Waals surface area (Å²) >= 11 is 0. The molecular formula is C21H21F2N3O2. The number of rotatable bonds is 4. The Morgan fingerprint density at radius 1 is 1.25 bits per heavy atom. The Hall–Kier alpha value is -3.22. The van der Waals surface area contributed by atoms with Crippen LogP contribution < -0.4 is 11.5 Å². The summed E-state index contributed by atoms with van der Waals surface area (Å²) in [4.78, 5) is 15.5. The molecular weight excluding hydrogens is 364 g/mol. The molecule has 0 bridgehead atoms. The lowest BCUT2D eigenvalue weighted by Crippen LogP contribution is -2.23. The van der Waals surface area contributed by atoms with Crippen LogP contribution in [-0.4, -0.2) is 16.1 Å². The normalized spacial score (nSPS) is 20.3. The number of benzene rings is 1. The molecule has 3 rings (SSSR count). The Balaban J connectivity index is 2.05. The number of halogens is 2. The van der Waals surface area contributed by atoms with Crippen LogP contribution in [0.3, 0.4) is 0 Å². The highest BCUT2D eigenvalue weighted by atomic mass is 19.1. The van der Waals surface area contributed by atoms with Gasteiger partial charge in [0, 0.05) is 23.5 Å². The summed E-state index contributed by atoms with van der Waals surface area (Å²) < 4.78 is 28.1. The van der Waals surface area contributed by atoms with Crippen LogP contribution >= 0.6 is 0 Å². The zero-order valence-electron chi connectivity index (χ0n) is 15.3. The number of allylic oxidation sites excluding steroid dienone is 3. The molecule has 0 saturated heterocycles. The number of nitrogens with zero attached hydrogens (tertiary/aromatic N) is 1. The van der Waals surface area contributed by atoms with Gasteiger partial charge in [0.15, 0.2) is 0 Å². The topological polar surface area (TPSA) is 102 Å². The standard InChI is InChI=1S/C21H21F2N3O2/c1-11-5-6-13(18-9-12(21(27)28)7-8-26-18)20(25)14(11)10-17(24)19-15(22)3-2-4-16(19)23/h2-4,7-11,13H,5-6,24-25H2,1H3,(H,27,28)/b17-10-. The summed E-state index contributed by atoms with van der Waals surface area (Å²) in [5.41, 5.74) is 13.9. The minimum atomic E-state index is -1.05. The molecule has 1 aliphatic carbocycles. The molecule has 0 spiro atoms. The van der Waals surface area contributed by atoms with Crippen molar-refractivity contribution in [3.8, 4) is 0 Å². The molecule has 0 fully saturated rings. The molecule has 1 aliphatic rings. The first-order valence-corrected chi connectivity index (χ1v) is 8.90. The summed E-state index contributed by atoms with van der Waals surface area (Å²) in [7, 11) is 0. The zero-order valence-corrected chi connectivity index (χ0v) is 15.3. The number of hydrogen-bond acceptors (Lipinski definition) is 4. The molecule has 146 valence electrons. The van der Waals surface area contributed by atoms with Gasteiger partial charge in [-0.1, -0.05) is 13.0 Å². The molecule has 7 heteroatoms. The maximum Gasteiger partial charge on any atom is 0.335 e. The maximum atomic E-state index is 14.0. The van der Waals surface area contributed by atoms with E-state index < -0.39 is 17.6 Å². The molecule has 0 saturated carbocycles. The van der Waals surface area contributed by atoms with Crippen molar-refractivity contribution >= 4 is 11.7 Å². The third-order valence-corrected chi connectivity index (χ3v) is 5.08. The van der Waals surface area contributed by atoms with Gasteiger partial charge in [-0.05, 0) is 54.7 Å². The number of aromatic carboxylic acids is 1. The van der Waals surface area contributed by atoms with E-state index in [1.54, 1.807) is 0 Å². The first-order valence-electron chi connectivity index (χ1n) is 8.90. The molecule has 28 heavy (non-hydrogen) atoms. The Kier molecular flexibility index (Phi) is 5.44. The van der Waals surface area contributed by atoms with Gasteiger partial charge < -0.3 is 16.6 Å². The van der Waals surface area contributed by atoms with Crippen LogP contribution in [-0.2, 0) is 0 Å². The number of carbonyl (C=O) groups is 1. The summed E-state index contributed by atoms with van der Waals surface area (Å²) in [6, 6.07) is 6.47. The van der Waals surface area contributed by atoms with Crippen molar-refractivity contribution in [2.45, 2.75) is 25.7 Å². The van der Waals surface area contributed by atoms with Crippen LogP contribution in [0.1, 0.15) is 47.3 Å². The Labute approximate surface area is 161 Å². The summed E-state index contributed by atoms with van der Waals surface area (Å²) in [5.74, 6) is -2.80.